The third-order valence-corrected chi connectivity index (χ3v) is 10.4. The number of methoxy groups -OCH3 is 1. The Balaban J connectivity index is 1.57. The average Bonchev–Trinajstić information content (AvgIpc) is 2.84. The largest absolute Gasteiger partial charge is 0.484 e. The van der Waals surface area contributed by atoms with Crippen LogP contribution in [0.15, 0.2) is 27.4 Å². The molecule has 1 aromatic heterocycles. The summed E-state index contributed by atoms with van der Waals surface area (Å²) in [7, 11) is 1.62. The van der Waals surface area contributed by atoms with Crippen LogP contribution in [0.1, 0.15) is 77.0 Å². The van der Waals surface area contributed by atoms with Gasteiger partial charge >= 0.3 is 5.63 Å². The van der Waals surface area contributed by atoms with Gasteiger partial charge in [0.15, 0.2) is 5.78 Å². The minimum atomic E-state index is -1.84. The van der Waals surface area contributed by atoms with Crippen LogP contribution in [0.3, 0.4) is 0 Å². The third kappa shape index (κ3) is 3.08. The topological polar surface area (TPSA) is 126 Å². The highest BCUT2D eigenvalue weighted by Gasteiger charge is 2.77. The van der Waals surface area contributed by atoms with Crippen molar-refractivity contribution in [1.82, 2.24) is 0 Å². The molecule has 2 fully saturated rings. The predicted molar refractivity (Wildman–Crippen MR) is 131 cm³/mol. The zero-order valence-corrected chi connectivity index (χ0v) is 21.8. The fourth-order valence-electron chi connectivity index (χ4n) is 7.62. The predicted octanol–water partition coefficient (Wildman–Crippen LogP) is 2.65. The Hall–Kier alpha value is -2.00. The van der Waals surface area contributed by atoms with Crippen molar-refractivity contribution in [2.45, 2.75) is 95.0 Å². The highest BCUT2D eigenvalue weighted by atomic mass is 16.5. The maximum atomic E-state index is 13.4. The first kappa shape index (κ1) is 25.6. The number of rotatable bonds is 3. The van der Waals surface area contributed by atoms with Crippen molar-refractivity contribution in [2.24, 2.45) is 16.7 Å². The number of carbonyl (C=O) groups is 1. The molecular weight excluding hydrogens is 464 g/mol. The van der Waals surface area contributed by atoms with Gasteiger partial charge in [-0.1, -0.05) is 19.9 Å². The third-order valence-electron chi connectivity index (χ3n) is 10.4. The number of carbonyl (C=O) groups excluding carboxylic acids is 1. The zero-order chi connectivity index (χ0) is 26.3. The monoisotopic (exact) mass is 502 g/mol. The first-order valence-corrected chi connectivity index (χ1v) is 12.9. The van der Waals surface area contributed by atoms with Crippen LogP contribution in [0.5, 0.6) is 5.75 Å². The van der Waals surface area contributed by atoms with E-state index in [4.69, 9.17) is 13.9 Å². The molecule has 3 aliphatic carbocycles. The molecule has 0 saturated heterocycles. The quantitative estimate of drug-likeness (QED) is 0.576. The van der Waals surface area contributed by atoms with Crippen LogP contribution >= 0.6 is 0 Å². The molecular formula is C28H38O8. The molecule has 0 bridgehead atoms. The highest BCUT2D eigenvalue weighted by Crippen LogP contribution is 2.65. The summed E-state index contributed by atoms with van der Waals surface area (Å²) in [5, 5.41) is 33.9. The minimum Gasteiger partial charge on any atom is -0.484 e. The van der Waals surface area contributed by atoms with E-state index in [0.29, 0.717) is 24.4 Å². The van der Waals surface area contributed by atoms with E-state index in [-0.39, 0.29) is 48.7 Å². The van der Waals surface area contributed by atoms with Crippen molar-refractivity contribution in [3.8, 4) is 5.75 Å². The Bertz CT molecular complexity index is 1170. The molecule has 7 atom stereocenters. The van der Waals surface area contributed by atoms with Crippen LogP contribution in [-0.2, 0) is 16.0 Å². The summed E-state index contributed by atoms with van der Waals surface area (Å²) in [5.41, 5.74) is -7.36. The summed E-state index contributed by atoms with van der Waals surface area (Å²) in [5.74, 6) is 0.472. The Morgan fingerprint density at radius 1 is 1.08 bits per heavy atom. The van der Waals surface area contributed by atoms with Gasteiger partial charge in [-0.15, -0.1) is 0 Å². The summed E-state index contributed by atoms with van der Waals surface area (Å²) in [4.78, 5) is 26.7. The Morgan fingerprint density at radius 2 is 1.81 bits per heavy atom. The smallest absolute Gasteiger partial charge is 0.342 e. The number of ether oxygens (including phenoxy) is 2. The van der Waals surface area contributed by atoms with Gasteiger partial charge in [-0.3, -0.25) is 4.79 Å². The SMILES string of the molecule is COC1CC(c2cc3c(c(=O)o2)C[C@]2(O)[C@@]4(C)C(=O)C=CC(C)(C)[C@]4(O)CC[C@@]2(C)O3)CCC1CO. The van der Waals surface area contributed by atoms with Crippen LogP contribution < -0.4 is 10.4 Å². The molecule has 8 heteroatoms. The van der Waals surface area contributed by atoms with Crippen LogP contribution in [0.4, 0.5) is 0 Å². The number of hydrogen-bond donors (Lipinski definition) is 3. The summed E-state index contributed by atoms with van der Waals surface area (Å²) in [6, 6.07) is 1.74. The first-order valence-electron chi connectivity index (χ1n) is 12.9. The van der Waals surface area contributed by atoms with Crippen molar-refractivity contribution in [1.29, 1.82) is 0 Å². The average molecular weight is 503 g/mol. The van der Waals surface area contributed by atoms with E-state index in [0.717, 1.165) is 12.8 Å². The van der Waals surface area contributed by atoms with E-state index in [1.165, 1.54) is 6.08 Å². The molecule has 1 aromatic rings. The number of hydrogen-bond acceptors (Lipinski definition) is 8. The van der Waals surface area contributed by atoms with E-state index < -0.39 is 33.3 Å². The molecule has 0 aromatic carbocycles. The van der Waals surface area contributed by atoms with Crippen molar-refractivity contribution in [3.05, 3.63) is 40.0 Å². The first-order chi connectivity index (χ1) is 16.8. The van der Waals surface area contributed by atoms with Gasteiger partial charge in [0.25, 0.3) is 0 Å². The molecule has 0 amide bonds. The van der Waals surface area contributed by atoms with Crippen molar-refractivity contribution in [3.63, 3.8) is 0 Å². The molecule has 5 rings (SSSR count). The fourth-order valence-corrected chi connectivity index (χ4v) is 7.62. The molecule has 198 valence electrons. The van der Waals surface area contributed by atoms with Crippen LogP contribution in [0, 0.1) is 16.7 Å². The van der Waals surface area contributed by atoms with E-state index in [9.17, 15) is 24.9 Å². The summed E-state index contributed by atoms with van der Waals surface area (Å²) >= 11 is 0. The van der Waals surface area contributed by atoms with Crippen molar-refractivity contribution in [2.75, 3.05) is 13.7 Å². The lowest BCUT2D eigenvalue weighted by Crippen LogP contribution is -2.81. The lowest BCUT2D eigenvalue weighted by Gasteiger charge is -2.68. The molecule has 3 N–H and O–H groups in total. The Morgan fingerprint density at radius 3 is 2.47 bits per heavy atom. The van der Waals surface area contributed by atoms with Crippen LogP contribution in [0.2, 0.25) is 0 Å². The normalized spacial score (nSPS) is 43.2. The minimum absolute atomic E-state index is 0.0498. The summed E-state index contributed by atoms with van der Waals surface area (Å²) in [6.07, 6.45) is 5.53. The van der Waals surface area contributed by atoms with Gasteiger partial charge < -0.3 is 29.2 Å². The van der Waals surface area contributed by atoms with E-state index in [2.05, 4.69) is 0 Å². The molecule has 0 spiro atoms. The van der Waals surface area contributed by atoms with Gasteiger partial charge in [0.1, 0.15) is 22.7 Å². The zero-order valence-electron chi connectivity index (χ0n) is 21.8. The van der Waals surface area contributed by atoms with Crippen LogP contribution in [-0.4, -0.2) is 57.7 Å². The van der Waals surface area contributed by atoms with Crippen molar-refractivity contribution >= 4 is 5.78 Å². The molecule has 1 aliphatic heterocycles. The number of allylic oxidation sites excluding steroid dienone is 1. The molecule has 36 heavy (non-hydrogen) atoms. The molecule has 2 saturated carbocycles. The summed E-state index contributed by atoms with van der Waals surface area (Å²) < 4.78 is 17.8. The van der Waals surface area contributed by atoms with E-state index in [1.807, 2.05) is 13.8 Å². The number of aliphatic hydroxyl groups is 3. The lowest BCUT2D eigenvalue weighted by molar-refractivity contribution is -0.297. The van der Waals surface area contributed by atoms with Gasteiger partial charge in [0.2, 0.25) is 0 Å². The second-order valence-corrected chi connectivity index (χ2v) is 12.3. The second kappa shape index (κ2) is 8.00. The van der Waals surface area contributed by atoms with Gasteiger partial charge in [-0.05, 0) is 52.0 Å². The maximum Gasteiger partial charge on any atom is 0.342 e. The lowest BCUT2D eigenvalue weighted by atomic mass is 9.41. The number of ketones is 1. The molecule has 2 heterocycles. The van der Waals surface area contributed by atoms with E-state index >= 15 is 0 Å². The van der Waals surface area contributed by atoms with Crippen molar-refractivity contribution < 1.29 is 34.0 Å². The van der Waals surface area contributed by atoms with Gasteiger partial charge in [-0.25, -0.2) is 4.79 Å². The van der Waals surface area contributed by atoms with Gasteiger partial charge in [0, 0.05) is 43.5 Å². The number of aliphatic hydroxyl groups excluding tert-OH is 1. The Kier molecular flexibility index (Phi) is 5.70. The highest BCUT2D eigenvalue weighted by molar-refractivity contribution is 5.98. The van der Waals surface area contributed by atoms with Gasteiger partial charge in [0.05, 0.1) is 22.7 Å². The maximum absolute atomic E-state index is 13.4. The Labute approximate surface area is 211 Å². The second-order valence-electron chi connectivity index (χ2n) is 12.3. The fraction of sp³-hybridized carbons (Fsp3) is 0.714. The van der Waals surface area contributed by atoms with Gasteiger partial charge in [-0.2, -0.15) is 0 Å². The standard InChI is InChI=1S/C28H38O8/c1-24(2)9-8-22(30)26(4)27(24,32)11-10-25(3)28(26,33)14-18-21(36-25)13-20(35-23(18)31)16-6-7-17(15-29)19(12-16)34-5/h8-9,13,16-17,19,29,32-33H,6-7,10-12,14-15H2,1-5H3/t16?,17?,19?,25-,26+,27-,28-/m1/s1. The molecule has 4 aliphatic rings. The molecule has 0 radical (unpaired) electrons. The molecule has 3 unspecified atom stereocenters. The molecule has 8 nitrogen and oxygen atoms in total. The van der Waals surface area contributed by atoms with E-state index in [1.54, 1.807) is 33.1 Å². The van der Waals surface area contributed by atoms with Crippen LogP contribution in [0.25, 0.3) is 0 Å². The number of fused-ring (bicyclic) bond motifs is 4. The summed E-state index contributed by atoms with van der Waals surface area (Å²) in [6.45, 7) is 7.14.